The van der Waals surface area contributed by atoms with E-state index in [-0.39, 0.29) is 23.3 Å². The molecule has 24 heavy (non-hydrogen) atoms. The molecule has 0 aromatic carbocycles. The average Bonchev–Trinajstić information content (AvgIpc) is 3.03. The standard InChI is InChI=1S/C16H23N5O3/c1-9(2)14(22)21-7-5-6-10(8-21)12-17-11-13(18-12)19(3)16(24)20(4)15(11)23/h9-10H,5-8H2,1-4H3,(H,17,18). The number of aromatic nitrogens is 4. The van der Waals surface area contributed by atoms with Gasteiger partial charge >= 0.3 is 5.69 Å². The van der Waals surface area contributed by atoms with Gasteiger partial charge in [0.15, 0.2) is 5.65 Å². The van der Waals surface area contributed by atoms with Gasteiger partial charge in [-0.05, 0) is 12.8 Å². The number of aryl methyl sites for hydroxylation is 1. The van der Waals surface area contributed by atoms with Crippen LogP contribution in [0.4, 0.5) is 0 Å². The second kappa shape index (κ2) is 5.92. The molecule has 0 spiro atoms. The molecule has 1 aliphatic heterocycles. The van der Waals surface area contributed by atoms with E-state index in [1.54, 1.807) is 7.05 Å². The minimum absolute atomic E-state index is 0.0347. The molecule has 2 aromatic rings. The van der Waals surface area contributed by atoms with Gasteiger partial charge in [0.2, 0.25) is 5.91 Å². The molecule has 0 bridgehead atoms. The Morgan fingerprint density at radius 1 is 1.25 bits per heavy atom. The van der Waals surface area contributed by atoms with E-state index in [9.17, 15) is 14.4 Å². The summed E-state index contributed by atoms with van der Waals surface area (Å²) in [5.74, 6) is 0.824. The van der Waals surface area contributed by atoms with Crippen molar-refractivity contribution in [1.29, 1.82) is 0 Å². The first-order valence-electron chi connectivity index (χ1n) is 8.25. The quantitative estimate of drug-likeness (QED) is 0.857. The molecule has 3 rings (SSSR count). The zero-order chi connectivity index (χ0) is 17.6. The number of amides is 1. The number of hydrogen-bond donors (Lipinski definition) is 1. The summed E-state index contributed by atoms with van der Waals surface area (Å²) in [7, 11) is 3.05. The Balaban J connectivity index is 2.00. The summed E-state index contributed by atoms with van der Waals surface area (Å²) in [4.78, 5) is 46.0. The minimum Gasteiger partial charge on any atom is -0.342 e. The van der Waals surface area contributed by atoms with E-state index in [4.69, 9.17) is 0 Å². The second-order valence-electron chi connectivity index (χ2n) is 6.80. The lowest BCUT2D eigenvalue weighted by atomic mass is 9.96. The van der Waals surface area contributed by atoms with Gasteiger partial charge in [-0.2, -0.15) is 0 Å². The molecular formula is C16H23N5O3. The number of aromatic amines is 1. The van der Waals surface area contributed by atoms with Crippen molar-refractivity contribution in [3.05, 3.63) is 26.7 Å². The van der Waals surface area contributed by atoms with Crippen LogP contribution in [0.25, 0.3) is 11.2 Å². The van der Waals surface area contributed by atoms with Gasteiger partial charge in [-0.15, -0.1) is 0 Å². The van der Waals surface area contributed by atoms with Crippen molar-refractivity contribution in [2.24, 2.45) is 20.0 Å². The smallest absolute Gasteiger partial charge is 0.332 e. The third-order valence-electron chi connectivity index (χ3n) is 4.73. The Labute approximate surface area is 139 Å². The molecule has 0 radical (unpaired) electrons. The van der Waals surface area contributed by atoms with Crippen LogP contribution in [-0.4, -0.2) is 43.0 Å². The Bertz CT molecular complexity index is 905. The number of imidazole rings is 1. The second-order valence-corrected chi connectivity index (χ2v) is 6.80. The molecule has 1 aliphatic rings. The lowest BCUT2D eigenvalue weighted by molar-refractivity contribution is -0.135. The highest BCUT2D eigenvalue weighted by atomic mass is 16.2. The molecule has 1 fully saturated rings. The van der Waals surface area contributed by atoms with Gasteiger partial charge in [0.25, 0.3) is 5.56 Å². The Morgan fingerprint density at radius 3 is 2.62 bits per heavy atom. The van der Waals surface area contributed by atoms with Crippen molar-refractivity contribution in [1.82, 2.24) is 24.0 Å². The van der Waals surface area contributed by atoms with E-state index in [2.05, 4.69) is 9.97 Å². The summed E-state index contributed by atoms with van der Waals surface area (Å²) in [6.45, 7) is 5.14. The zero-order valence-electron chi connectivity index (χ0n) is 14.5. The molecule has 1 N–H and O–H groups in total. The fourth-order valence-corrected chi connectivity index (χ4v) is 3.30. The summed E-state index contributed by atoms with van der Waals surface area (Å²) >= 11 is 0. The maximum absolute atomic E-state index is 12.3. The molecule has 1 unspecified atom stereocenters. The minimum atomic E-state index is -0.397. The molecule has 8 nitrogen and oxygen atoms in total. The fraction of sp³-hybridized carbons (Fsp3) is 0.625. The molecule has 8 heteroatoms. The van der Waals surface area contributed by atoms with Gasteiger partial charge in [-0.1, -0.05) is 13.8 Å². The van der Waals surface area contributed by atoms with Gasteiger partial charge in [0, 0.05) is 39.0 Å². The maximum atomic E-state index is 12.3. The van der Waals surface area contributed by atoms with E-state index < -0.39 is 5.69 Å². The first kappa shape index (κ1) is 16.5. The molecular weight excluding hydrogens is 310 g/mol. The number of hydrogen-bond acceptors (Lipinski definition) is 4. The lowest BCUT2D eigenvalue weighted by Crippen LogP contribution is -2.41. The maximum Gasteiger partial charge on any atom is 0.332 e. The average molecular weight is 333 g/mol. The van der Waals surface area contributed by atoms with E-state index >= 15 is 0 Å². The number of likely N-dealkylation sites (tertiary alicyclic amines) is 1. The topological polar surface area (TPSA) is 93.0 Å². The molecule has 130 valence electrons. The van der Waals surface area contributed by atoms with Crippen molar-refractivity contribution < 1.29 is 4.79 Å². The van der Waals surface area contributed by atoms with E-state index in [1.165, 1.54) is 11.6 Å². The highest BCUT2D eigenvalue weighted by Crippen LogP contribution is 2.26. The van der Waals surface area contributed by atoms with Crippen LogP contribution in [0.15, 0.2) is 9.59 Å². The van der Waals surface area contributed by atoms with Gasteiger partial charge in [-0.3, -0.25) is 18.7 Å². The van der Waals surface area contributed by atoms with Crippen molar-refractivity contribution in [3.63, 3.8) is 0 Å². The predicted octanol–water partition coefficient (Wildman–Crippen LogP) is 0.322. The highest BCUT2D eigenvalue weighted by Gasteiger charge is 2.28. The predicted molar refractivity (Wildman–Crippen MR) is 90.0 cm³/mol. The van der Waals surface area contributed by atoms with Crippen LogP contribution in [0.1, 0.15) is 38.4 Å². The third kappa shape index (κ3) is 2.55. The van der Waals surface area contributed by atoms with Gasteiger partial charge in [0.1, 0.15) is 11.3 Å². The van der Waals surface area contributed by atoms with Crippen LogP contribution in [0.5, 0.6) is 0 Å². The summed E-state index contributed by atoms with van der Waals surface area (Å²) < 4.78 is 2.44. The van der Waals surface area contributed by atoms with Gasteiger partial charge < -0.3 is 9.88 Å². The van der Waals surface area contributed by atoms with Crippen LogP contribution in [0.3, 0.4) is 0 Å². The molecule has 2 aromatic heterocycles. The number of carbonyl (C=O) groups excluding carboxylic acids is 1. The molecule has 0 saturated carbocycles. The third-order valence-corrected chi connectivity index (χ3v) is 4.73. The number of H-pyrrole nitrogens is 1. The SMILES string of the molecule is CC(C)C(=O)N1CCCC(c2nc3c([nH]2)c(=O)n(C)c(=O)n3C)C1. The summed E-state index contributed by atoms with van der Waals surface area (Å²) in [6.07, 6.45) is 1.80. The largest absolute Gasteiger partial charge is 0.342 e. The molecule has 0 aliphatic carbocycles. The number of nitrogens with zero attached hydrogens (tertiary/aromatic N) is 4. The van der Waals surface area contributed by atoms with Gasteiger partial charge in [-0.25, -0.2) is 9.78 Å². The van der Waals surface area contributed by atoms with Crippen LogP contribution in [0.2, 0.25) is 0 Å². The number of rotatable bonds is 2. The summed E-state index contributed by atoms with van der Waals surface area (Å²) in [5.41, 5.74) is -0.0732. The van der Waals surface area contributed by atoms with Crippen molar-refractivity contribution in [2.45, 2.75) is 32.6 Å². The molecule has 1 saturated heterocycles. The van der Waals surface area contributed by atoms with Crippen molar-refractivity contribution >= 4 is 17.1 Å². The number of carbonyl (C=O) groups is 1. The number of fused-ring (bicyclic) bond motifs is 1. The number of piperidine rings is 1. The normalized spacial score (nSPS) is 18.5. The molecule has 1 atom stereocenters. The first-order chi connectivity index (χ1) is 11.3. The Morgan fingerprint density at radius 2 is 1.96 bits per heavy atom. The van der Waals surface area contributed by atoms with Gasteiger partial charge in [0.05, 0.1) is 0 Å². The fourth-order valence-electron chi connectivity index (χ4n) is 3.30. The molecule has 3 heterocycles. The van der Waals surface area contributed by atoms with Crippen molar-refractivity contribution in [3.8, 4) is 0 Å². The Kier molecular flexibility index (Phi) is 4.06. The van der Waals surface area contributed by atoms with Crippen molar-refractivity contribution in [2.75, 3.05) is 13.1 Å². The molecule has 1 amide bonds. The first-order valence-corrected chi connectivity index (χ1v) is 8.25. The lowest BCUT2D eigenvalue weighted by Gasteiger charge is -2.33. The van der Waals surface area contributed by atoms with E-state index in [0.29, 0.717) is 23.5 Å². The monoisotopic (exact) mass is 333 g/mol. The van der Waals surface area contributed by atoms with Crippen LogP contribution >= 0.6 is 0 Å². The highest BCUT2D eigenvalue weighted by molar-refractivity contribution is 5.78. The van der Waals surface area contributed by atoms with Crippen LogP contribution < -0.4 is 11.2 Å². The number of nitrogens with one attached hydrogen (secondary N) is 1. The zero-order valence-corrected chi connectivity index (χ0v) is 14.5. The van der Waals surface area contributed by atoms with E-state index in [1.807, 2.05) is 18.7 Å². The summed E-state index contributed by atoms with van der Waals surface area (Å²) in [5, 5.41) is 0. The summed E-state index contributed by atoms with van der Waals surface area (Å²) in [6, 6.07) is 0. The Hall–Kier alpha value is -2.38. The van der Waals surface area contributed by atoms with Crippen LogP contribution in [0, 0.1) is 5.92 Å². The van der Waals surface area contributed by atoms with E-state index in [0.717, 1.165) is 24.0 Å². The van der Waals surface area contributed by atoms with Crippen LogP contribution in [-0.2, 0) is 18.9 Å².